The molecule has 0 saturated carbocycles. The number of hydrogen-bond donors (Lipinski definition) is 1. The molecule has 0 amide bonds. The Labute approximate surface area is 98.0 Å². The van der Waals surface area contributed by atoms with Crippen molar-refractivity contribution in [1.82, 2.24) is 10.2 Å². The summed E-state index contributed by atoms with van der Waals surface area (Å²) in [5.74, 6) is 0. The molecule has 0 unspecified atom stereocenters. The second-order valence-electron chi connectivity index (χ2n) is 4.22. The largest absolute Gasteiger partial charge is 0.315 e. The van der Waals surface area contributed by atoms with Gasteiger partial charge in [-0.25, -0.2) is 0 Å². The van der Waals surface area contributed by atoms with Crippen LogP contribution in [0.25, 0.3) is 6.08 Å². The number of nitrogens with one attached hydrogen (secondary N) is 1. The molecule has 2 nitrogen and oxygen atoms in total. The van der Waals surface area contributed by atoms with E-state index in [1.807, 2.05) is 0 Å². The summed E-state index contributed by atoms with van der Waals surface area (Å²) in [5.41, 5.74) is 1.29. The molecular weight excluding hydrogens is 196 g/mol. The molecule has 2 rings (SSSR count). The van der Waals surface area contributed by atoms with Gasteiger partial charge in [-0.2, -0.15) is 0 Å². The molecule has 86 valence electrons. The monoisotopic (exact) mass is 216 g/mol. The fraction of sp³-hybridized carbons (Fsp3) is 0.429. The zero-order valence-corrected chi connectivity index (χ0v) is 9.73. The topological polar surface area (TPSA) is 15.3 Å². The molecule has 1 aliphatic heterocycles. The Bertz CT molecular complexity index is 311. The SMILES string of the molecule is C(=C\c1ccccc1)/CN1CCCNCC1. The summed E-state index contributed by atoms with van der Waals surface area (Å²) in [5, 5.41) is 3.42. The summed E-state index contributed by atoms with van der Waals surface area (Å²) in [6.07, 6.45) is 5.73. The lowest BCUT2D eigenvalue weighted by atomic mass is 10.2. The minimum atomic E-state index is 1.07. The van der Waals surface area contributed by atoms with Crippen LogP contribution in [0.15, 0.2) is 36.4 Å². The van der Waals surface area contributed by atoms with Gasteiger partial charge in [-0.05, 0) is 25.1 Å². The lowest BCUT2D eigenvalue weighted by Gasteiger charge is -2.16. The standard InChI is InChI=1S/C14H20N2/c1-2-6-14(7-3-1)8-4-11-16-12-5-9-15-10-13-16/h1-4,6-8,15H,5,9-13H2/b8-4+. The average Bonchev–Trinajstić information content (AvgIpc) is 2.59. The molecule has 0 aromatic heterocycles. The van der Waals surface area contributed by atoms with E-state index in [1.165, 1.54) is 31.6 Å². The van der Waals surface area contributed by atoms with Gasteiger partial charge in [-0.1, -0.05) is 42.5 Å². The molecule has 0 aliphatic carbocycles. The van der Waals surface area contributed by atoms with Gasteiger partial charge in [0.05, 0.1) is 0 Å². The van der Waals surface area contributed by atoms with Gasteiger partial charge >= 0.3 is 0 Å². The molecule has 0 spiro atoms. The van der Waals surface area contributed by atoms with Crippen LogP contribution in [0.1, 0.15) is 12.0 Å². The number of rotatable bonds is 3. The van der Waals surface area contributed by atoms with Crippen molar-refractivity contribution in [3.8, 4) is 0 Å². The van der Waals surface area contributed by atoms with E-state index in [4.69, 9.17) is 0 Å². The van der Waals surface area contributed by atoms with Gasteiger partial charge in [0.15, 0.2) is 0 Å². The molecule has 1 N–H and O–H groups in total. The van der Waals surface area contributed by atoms with E-state index in [0.29, 0.717) is 0 Å². The molecule has 1 aromatic carbocycles. The smallest absolute Gasteiger partial charge is 0.0167 e. The van der Waals surface area contributed by atoms with Crippen LogP contribution in [0.5, 0.6) is 0 Å². The zero-order valence-electron chi connectivity index (χ0n) is 9.73. The van der Waals surface area contributed by atoms with Crippen molar-refractivity contribution in [3.05, 3.63) is 42.0 Å². The minimum absolute atomic E-state index is 1.07. The van der Waals surface area contributed by atoms with Gasteiger partial charge < -0.3 is 5.32 Å². The highest BCUT2D eigenvalue weighted by molar-refractivity contribution is 5.48. The molecule has 0 bridgehead atoms. The highest BCUT2D eigenvalue weighted by Gasteiger charge is 2.05. The van der Waals surface area contributed by atoms with E-state index in [1.54, 1.807) is 0 Å². The third kappa shape index (κ3) is 3.80. The molecule has 1 fully saturated rings. The quantitative estimate of drug-likeness (QED) is 0.831. The Morgan fingerprint density at radius 1 is 1.12 bits per heavy atom. The van der Waals surface area contributed by atoms with Crippen molar-refractivity contribution < 1.29 is 0 Å². The normalized spacial score (nSPS) is 18.8. The maximum Gasteiger partial charge on any atom is 0.0167 e. The van der Waals surface area contributed by atoms with E-state index in [9.17, 15) is 0 Å². The summed E-state index contributed by atoms with van der Waals surface area (Å²) < 4.78 is 0. The summed E-state index contributed by atoms with van der Waals surface area (Å²) in [4.78, 5) is 2.50. The van der Waals surface area contributed by atoms with Gasteiger partial charge in [0.1, 0.15) is 0 Å². The van der Waals surface area contributed by atoms with Gasteiger partial charge in [0.2, 0.25) is 0 Å². The minimum Gasteiger partial charge on any atom is -0.315 e. The fourth-order valence-electron chi connectivity index (χ4n) is 1.99. The molecule has 1 heterocycles. The number of benzene rings is 1. The van der Waals surface area contributed by atoms with Gasteiger partial charge in [0, 0.05) is 19.6 Å². The maximum atomic E-state index is 3.42. The second kappa shape index (κ2) is 6.46. The fourth-order valence-corrected chi connectivity index (χ4v) is 1.99. The van der Waals surface area contributed by atoms with Crippen LogP contribution in [0, 0.1) is 0 Å². The van der Waals surface area contributed by atoms with Crippen molar-refractivity contribution in [1.29, 1.82) is 0 Å². The predicted octanol–water partition coefficient (Wildman–Crippen LogP) is 2.00. The van der Waals surface area contributed by atoms with Crippen molar-refractivity contribution in [3.63, 3.8) is 0 Å². The number of nitrogens with zero attached hydrogens (tertiary/aromatic N) is 1. The first-order chi connectivity index (χ1) is 7.95. The maximum absolute atomic E-state index is 3.42. The molecule has 1 saturated heterocycles. The Kier molecular flexibility index (Phi) is 4.59. The van der Waals surface area contributed by atoms with Crippen LogP contribution in [0.3, 0.4) is 0 Å². The Morgan fingerprint density at radius 3 is 2.88 bits per heavy atom. The third-order valence-corrected chi connectivity index (χ3v) is 2.91. The van der Waals surface area contributed by atoms with Gasteiger partial charge in [-0.15, -0.1) is 0 Å². The Hall–Kier alpha value is -1.12. The van der Waals surface area contributed by atoms with Gasteiger partial charge in [0.25, 0.3) is 0 Å². The summed E-state index contributed by atoms with van der Waals surface area (Å²) >= 11 is 0. The Morgan fingerprint density at radius 2 is 2.00 bits per heavy atom. The van der Waals surface area contributed by atoms with E-state index in [-0.39, 0.29) is 0 Å². The highest BCUT2D eigenvalue weighted by atomic mass is 15.1. The average molecular weight is 216 g/mol. The van der Waals surface area contributed by atoms with Crippen molar-refractivity contribution in [2.24, 2.45) is 0 Å². The second-order valence-corrected chi connectivity index (χ2v) is 4.22. The Balaban J connectivity index is 1.79. The van der Waals surface area contributed by atoms with E-state index < -0.39 is 0 Å². The molecule has 1 aliphatic rings. The first kappa shape index (κ1) is 11.4. The predicted molar refractivity (Wildman–Crippen MR) is 69.4 cm³/mol. The van der Waals surface area contributed by atoms with Crippen molar-refractivity contribution >= 4 is 6.08 Å². The highest BCUT2D eigenvalue weighted by Crippen LogP contribution is 2.02. The first-order valence-corrected chi connectivity index (χ1v) is 6.10. The molecule has 0 radical (unpaired) electrons. The first-order valence-electron chi connectivity index (χ1n) is 6.10. The van der Waals surface area contributed by atoms with Crippen molar-refractivity contribution in [2.75, 3.05) is 32.7 Å². The molecule has 1 aromatic rings. The van der Waals surface area contributed by atoms with Crippen LogP contribution in [0.2, 0.25) is 0 Å². The lowest BCUT2D eigenvalue weighted by molar-refractivity contribution is 0.324. The summed E-state index contributed by atoms with van der Waals surface area (Å²) in [6, 6.07) is 10.5. The van der Waals surface area contributed by atoms with Crippen LogP contribution < -0.4 is 5.32 Å². The molecule has 0 atom stereocenters. The van der Waals surface area contributed by atoms with E-state index in [2.05, 4.69) is 52.7 Å². The zero-order chi connectivity index (χ0) is 11.1. The van der Waals surface area contributed by atoms with Crippen molar-refractivity contribution in [2.45, 2.75) is 6.42 Å². The molecule has 16 heavy (non-hydrogen) atoms. The van der Waals surface area contributed by atoms with Crippen LogP contribution in [-0.2, 0) is 0 Å². The van der Waals surface area contributed by atoms with E-state index >= 15 is 0 Å². The molecular formula is C14H20N2. The molecule has 2 heteroatoms. The summed E-state index contributed by atoms with van der Waals surface area (Å²) in [7, 11) is 0. The summed E-state index contributed by atoms with van der Waals surface area (Å²) in [6.45, 7) is 5.74. The lowest BCUT2D eigenvalue weighted by Crippen LogP contribution is -2.28. The van der Waals surface area contributed by atoms with E-state index in [0.717, 1.165) is 13.1 Å². The van der Waals surface area contributed by atoms with Crippen LogP contribution in [-0.4, -0.2) is 37.6 Å². The van der Waals surface area contributed by atoms with Gasteiger partial charge in [-0.3, -0.25) is 4.90 Å². The number of hydrogen-bond acceptors (Lipinski definition) is 2. The van der Waals surface area contributed by atoms with Crippen LogP contribution >= 0.6 is 0 Å². The van der Waals surface area contributed by atoms with Crippen LogP contribution in [0.4, 0.5) is 0 Å². The third-order valence-electron chi connectivity index (χ3n) is 2.91.